The molecule has 2 fully saturated rings. The smallest absolute Gasteiger partial charge is 0.246 e. The molecule has 0 bridgehead atoms. The number of primary amides is 2. The number of benzene rings is 2. The van der Waals surface area contributed by atoms with E-state index in [2.05, 4.69) is 42.5 Å². The van der Waals surface area contributed by atoms with Crippen LogP contribution in [0.5, 0.6) is 0 Å². The van der Waals surface area contributed by atoms with Crippen LogP contribution in [0.2, 0.25) is 0 Å². The molecule has 2 saturated heterocycles. The minimum atomic E-state index is -1.39. The molecule has 2 aliphatic rings. The van der Waals surface area contributed by atoms with Crippen molar-refractivity contribution < 1.29 is 47.9 Å². The van der Waals surface area contributed by atoms with Crippen LogP contribution in [0.25, 0.3) is 0 Å². The van der Waals surface area contributed by atoms with Crippen molar-refractivity contribution in [1.82, 2.24) is 47.4 Å². The highest BCUT2D eigenvalue weighted by Crippen LogP contribution is 2.24. The third-order valence-corrected chi connectivity index (χ3v) is 15.3. The molecule has 428 valence electrons. The molecule has 78 heavy (non-hydrogen) atoms. The Morgan fingerprint density at radius 2 is 1.08 bits per heavy atom. The Morgan fingerprint density at radius 1 is 0.615 bits per heavy atom. The summed E-state index contributed by atoms with van der Waals surface area (Å²) in [6.45, 7) is 7.60. The first-order valence-corrected chi connectivity index (χ1v) is 28.7. The highest BCUT2D eigenvalue weighted by molar-refractivity contribution is 8.76. The van der Waals surface area contributed by atoms with Gasteiger partial charge in [0.15, 0.2) is 5.96 Å². The van der Waals surface area contributed by atoms with Gasteiger partial charge in [0.1, 0.15) is 48.3 Å². The van der Waals surface area contributed by atoms with E-state index < -0.39 is 113 Å². The summed E-state index contributed by atoms with van der Waals surface area (Å²) in [5, 5.41) is 29.3. The molecule has 0 saturated carbocycles. The van der Waals surface area contributed by atoms with Crippen LogP contribution in [0.15, 0.2) is 60.7 Å². The zero-order valence-electron chi connectivity index (χ0n) is 44.7. The molecule has 0 aliphatic carbocycles. The molecule has 9 atom stereocenters. The maximum absolute atomic E-state index is 14.8. The van der Waals surface area contributed by atoms with Crippen molar-refractivity contribution in [3.63, 3.8) is 0 Å². The molecule has 2 aromatic rings. The lowest BCUT2D eigenvalue weighted by atomic mass is 9.99. The second-order valence-electron chi connectivity index (χ2n) is 20.3. The van der Waals surface area contributed by atoms with E-state index in [0.29, 0.717) is 17.5 Å². The lowest BCUT2D eigenvalue weighted by molar-refractivity contribution is -0.142. The fourth-order valence-corrected chi connectivity index (χ4v) is 11.1. The summed E-state index contributed by atoms with van der Waals surface area (Å²) in [7, 11) is 2.09. The minimum Gasteiger partial charge on any atom is -0.370 e. The Morgan fingerprint density at radius 3 is 1.63 bits per heavy atom. The number of rotatable bonds is 16. The Balaban J connectivity index is 1.78. The minimum absolute atomic E-state index is 0.00562. The lowest BCUT2D eigenvalue weighted by Gasteiger charge is -2.31. The maximum Gasteiger partial charge on any atom is 0.246 e. The number of nitrogens with one attached hydrogen (secondary N) is 9. The average Bonchev–Trinajstić information content (AvgIpc) is 3.88. The van der Waals surface area contributed by atoms with Crippen LogP contribution in [0.1, 0.15) is 90.2 Å². The van der Waals surface area contributed by atoms with Gasteiger partial charge < -0.3 is 70.4 Å². The molecule has 26 heteroatoms. The van der Waals surface area contributed by atoms with Crippen molar-refractivity contribution in [2.75, 3.05) is 24.6 Å². The summed E-state index contributed by atoms with van der Waals surface area (Å²) >= 11 is 0. The summed E-state index contributed by atoms with van der Waals surface area (Å²) in [4.78, 5) is 141. The number of amides is 10. The van der Waals surface area contributed by atoms with E-state index >= 15 is 0 Å². The van der Waals surface area contributed by atoms with Crippen LogP contribution in [-0.2, 0) is 60.8 Å². The zero-order valence-corrected chi connectivity index (χ0v) is 46.3. The first-order valence-electron chi connectivity index (χ1n) is 26.2. The number of carbonyl (C=O) groups is 10. The molecule has 4 rings (SSSR count). The largest absolute Gasteiger partial charge is 0.370 e. The van der Waals surface area contributed by atoms with Crippen LogP contribution in [-0.4, -0.2) is 149 Å². The summed E-state index contributed by atoms with van der Waals surface area (Å²) in [6.07, 6.45) is 0.354. The summed E-state index contributed by atoms with van der Waals surface area (Å²) in [6, 6.07) is 6.26. The Labute approximate surface area is 463 Å². The first-order chi connectivity index (χ1) is 37.0. The quantitative estimate of drug-likeness (QED) is 0.0402. The highest BCUT2D eigenvalue weighted by Gasteiger charge is 2.41. The monoisotopic (exact) mass is 1120 g/mol. The van der Waals surface area contributed by atoms with Crippen molar-refractivity contribution in [2.45, 2.75) is 146 Å². The molecule has 0 spiro atoms. The fourth-order valence-electron chi connectivity index (χ4n) is 8.79. The van der Waals surface area contributed by atoms with Crippen molar-refractivity contribution in [3.8, 4) is 0 Å². The van der Waals surface area contributed by atoms with E-state index in [1.165, 1.54) is 4.90 Å². The molecule has 17 N–H and O–H groups in total. The van der Waals surface area contributed by atoms with E-state index in [-0.39, 0.29) is 100 Å². The van der Waals surface area contributed by atoms with E-state index in [1.54, 1.807) is 60.7 Å². The number of guanidine groups is 1. The fraction of sp³-hybridized carbons (Fsp3) is 0.558. The van der Waals surface area contributed by atoms with Gasteiger partial charge in [0, 0.05) is 43.9 Å². The van der Waals surface area contributed by atoms with Crippen LogP contribution >= 0.6 is 21.6 Å². The molecular weight excluding hydrogens is 1040 g/mol. The number of fused-ring (bicyclic) bond motifs is 1. The van der Waals surface area contributed by atoms with Crippen LogP contribution < -0.4 is 65.5 Å². The second kappa shape index (κ2) is 32.1. The van der Waals surface area contributed by atoms with Crippen molar-refractivity contribution in [1.29, 1.82) is 5.41 Å². The lowest BCUT2D eigenvalue weighted by Crippen LogP contribution is -2.61. The molecule has 24 nitrogen and oxygen atoms in total. The molecule has 10 amide bonds. The number of hydrogen-bond donors (Lipinski definition) is 13. The Bertz CT molecular complexity index is 2400. The second-order valence-corrected chi connectivity index (χ2v) is 22.9. The summed E-state index contributed by atoms with van der Waals surface area (Å²) in [5.41, 5.74) is 24.3. The first kappa shape index (κ1) is 63.6. The van der Waals surface area contributed by atoms with Gasteiger partial charge in [-0.15, -0.1) is 0 Å². The summed E-state index contributed by atoms with van der Waals surface area (Å²) in [5.74, 6) is -8.46. The third-order valence-electron chi connectivity index (χ3n) is 12.8. The number of hydrogen-bond acceptors (Lipinski definition) is 14. The van der Waals surface area contributed by atoms with E-state index in [9.17, 15) is 47.9 Å². The molecule has 2 heterocycles. The van der Waals surface area contributed by atoms with E-state index in [0.717, 1.165) is 21.6 Å². The van der Waals surface area contributed by atoms with Gasteiger partial charge in [-0.05, 0) is 67.9 Å². The Kier molecular flexibility index (Phi) is 26.2. The number of nitrogens with two attached hydrogens (primary N) is 4. The van der Waals surface area contributed by atoms with Crippen LogP contribution in [0, 0.1) is 17.2 Å². The van der Waals surface area contributed by atoms with Gasteiger partial charge in [-0.2, -0.15) is 0 Å². The standard InChI is InChI=1S/C52H78N14O10S2/c1-29(2)23-36-48(73)64-39(26-32-15-9-6-10-16-32)51(76)66-22-12-18-41(66)50(75)63-37(24-30(3)4)47(72)62-38(25-31-13-7-5-8-14-31)49(74)60-34(17-11-21-58-52(56)57)45(70)65-40(43(55)68)28-78-77-27-33(53)44(69)59-35(46(71)61-36)19-20-42(54)67/h5-10,13-16,29-30,33-41H,11-12,17-28,53H2,1-4H3,(H2,54,67)(H2,55,68)(H,59,69)(H,60,74)(H,61,71)(H,62,72)(H,63,75)(H,64,73)(H,65,70)(H4,56,57,58)/t33-,34-,35-,36-,37-,38-,39-,40-,41-/m0/s1. The predicted octanol–water partition coefficient (Wildman–Crippen LogP) is -1.32. The third kappa shape index (κ3) is 21.5. The normalized spacial score (nSPS) is 25.1. The maximum atomic E-state index is 14.8. The SMILES string of the molecule is CC(C)C[C@@H]1NC(=O)[C@H](CCC(N)=O)NC(=O)[C@@H](N)CSSC[C@@H](C(N)=O)NC(=O)[C@H](CCCNC(=N)N)NC(=O)[C@H](Cc2ccccc2)NC(=O)[C@H](CC(C)C)NC(=O)[C@@H]2CCCN2C(=O)[C@H](Cc2ccccc2)NC1=O. The zero-order chi connectivity index (χ0) is 57.5. The van der Waals surface area contributed by atoms with Crippen molar-refractivity contribution >= 4 is 86.6 Å². The van der Waals surface area contributed by atoms with Gasteiger partial charge in [0.25, 0.3) is 0 Å². The average molecular weight is 1120 g/mol. The predicted molar refractivity (Wildman–Crippen MR) is 297 cm³/mol. The molecule has 2 aromatic carbocycles. The van der Waals surface area contributed by atoms with Gasteiger partial charge in [-0.1, -0.05) is 110 Å². The van der Waals surface area contributed by atoms with E-state index in [4.69, 9.17) is 28.3 Å². The van der Waals surface area contributed by atoms with Gasteiger partial charge in [-0.25, -0.2) is 0 Å². The van der Waals surface area contributed by atoms with Crippen LogP contribution in [0.3, 0.4) is 0 Å². The van der Waals surface area contributed by atoms with Gasteiger partial charge in [-0.3, -0.25) is 53.4 Å². The highest BCUT2D eigenvalue weighted by atomic mass is 33.1. The topological polar surface area (TPSA) is 398 Å². The number of carbonyl (C=O) groups excluding carboxylic acids is 10. The number of nitrogens with zero attached hydrogens (tertiary/aromatic N) is 1. The van der Waals surface area contributed by atoms with Gasteiger partial charge in [0.05, 0.1) is 6.04 Å². The molecule has 0 unspecified atom stereocenters. The van der Waals surface area contributed by atoms with Crippen LogP contribution in [0.4, 0.5) is 0 Å². The molecular formula is C52H78N14O10S2. The molecule has 0 radical (unpaired) electrons. The molecule has 0 aromatic heterocycles. The summed E-state index contributed by atoms with van der Waals surface area (Å²) < 4.78 is 0. The van der Waals surface area contributed by atoms with E-state index in [1.807, 2.05) is 27.7 Å². The molecule has 2 aliphatic heterocycles. The van der Waals surface area contributed by atoms with Crippen molar-refractivity contribution in [3.05, 3.63) is 71.8 Å². The van der Waals surface area contributed by atoms with Gasteiger partial charge in [0.2, 0.25) is 59.1 Å². The van der Waals surface area contributed by atoms with Crippen molar-refractivity contribution in [2.24, 2.45) is 34.8 Å². The Hall–Kier alpha value is -6.93. The van der Waals surface area contributed by atoms with Gasteiger partial charge >= 0.3 is 0 Å².